The number of benzene rings is 1. The highest BCUT2D eigenvalue weighted by atomic mass is 32.1. The van der Waals surface area contributed by atoms with E-state index >= 15 is 0 Å². The highest BCUT2D eigenvalue weighted by molar-refractivity contribution is 7.10. The summed E-state index contributed by atoms with van der Waals surface area (Å²) < 4.78 is 0. The summed E-state index contributed by atoms with van der Waals surface area (Å²) >= 11 is 1.83. The van der Waals surface area contributed by atoms with Crippen molar-refractivity contribution in [1.82, 2.24) is 5.32 Å². The van der Waals surface area contributed by atoms with Gasteiger partial charge in [-0.2, -0.15) is 0 Å². The number of hydrogen-bond acceptors (Lipinski definition) is 2. The molecule has 0 bridgehead atoms. The van der Waals surface area contributed by atoms with E-state index in [4.69, 9.17) is 0 Å². The minimum absolute atomic E-state index is 0.164. The van der Waals surface area contributed by atoms with Crippen LogP contribution in [0, 0.1) is 6.92 Å². The molecule has 0 aliphatic heterocycles. The van der Waals surface area contributed by atoms with Crippen molar-refractivity contribution in [2.75, 3.05) is 7.05 Å². The Morgan fingerprint density at radius 3 is 2.32 bits per heavy atom. The molecule has 1 aromatic carbocycles. The molecule has 2 rings (SSSR count). The van der Waals surface area contributed by atoms with Crippen molar-refractivity contribution in [3.05, 3.63) is 57.3 Å². The average Bonchev–Trinajstić information content (AvgIpc) is 2.76. The normalized spacial score (nSPS) is 13.5. The van der Waals surface area contributed by atoms with Gasteiger partial charge in [0, 0.05) is 4.88 Å². The monoisotopic (exact) mass is 273 g/mol. The van der Waals surface area contributed by atoms with Crippen LogP contribution >= 0.6 is 11.3 Å². The molecule has 0 aliphatic rings. The number of aryl methyl sites for hydroxylation is 1. The topological polar surface area (TPSA) is 12.0 Å². The Kier molecular flexibility index (Phi) is 4.12. The van der Waals surface area contributed by atoms with Crippen LogP contribution in [0.2, 0.25) is 0 Å². The van der Waals surface area contributed by atoms with Gasteiger partial charge >= 0.3 is 0 Å². The second kappa shape index (κ2) is 5.48. The largest absolute Gasteiger partial charge is 0.309 e. The van der Waals surface area contributed by atoms with E-state index in [2.05, 4.69) is 68.7 Å². The first kappa shape index (κ1) is 14.3. The zero-order valence-electron chi connectivity index (χ0n) is 12.4. The van der Waals surface area contributed by atoms with Gasteiger partial charge in [0.1, 0.15) is 0 Å². The number of nitrogens with one attached hydrogen (secondary N) is 1. The van der Waals surface area contributed by atoms with E-state index in [-0.39, 0.29) is 11.5 Å². The third kappa shape index (κ3) is 2.90. The van der Waals surface area contributed by atoms with Gasteiger partial charge in [-0.1, -0.05) is 45.0 Å². The van der Waals surface area contributed by atoms with Crippen molar-refractivity contribution >= 4 is 11.3 Å². The van der Waals surface area contributed by atoms with Crippen molar-refractivity contribution in [2.45, 2.75) is 39.2 Å². The Morgan fingerprint density at radius 2 is 1.79 bits per heavy atom. The van der Waals surface area contributed by atoms with Gasteiger partial charge in [0.15, 0.2) is 0 Å². The summed E-state index contributed by atoms with van der Waals surface area (Å²) in [6.07, 6.45) is 0. The van der Waals surface area contributed by atoms with E-state index in [9.17, 15) is 0 Å². The molecule has 0 radical (unpaired) electrons. The molecule has 1 aromatic heterocycles. The molecular weight excluding hydrogens is 250 g/mol. The summed E-state index contributed by atoms with van der Waals surface area (Å²) in [7, 11) is 2.04. The smallest absolute Gasteiger partial charge is 0.0674 e. The summed E-state index contributed by atoms with van der Waals surface area (Å²) in [4.78, 5) is 1.42. The van der Waals surface area contributed by atoms with E-state index in [0.717, 1.165) is 0 Å². The maximum Gasteiger partial charge on any atom is 0.0674 e. The molecule has 0 fully saturated rings. The zero-order valence-corrected chi connectivity index (χ0v) is 13.3. The molecule has 1 unspecified atom stereocenters. The Labute approximate surface area is 120 Å². The van der Waals surface area contributed by atoms with Gasteiger partial charge in [0.2, 0.25) is 0 Å². The lowest BCUT2D eigenvalue weighted by Crippen LogP contribution is -2.23. The van der Waals surface area contributed by atoms with Gasteiger partial charge in [-0.25, -0.2) is 0 Å². The van der Waals surface area contributed by atoms with Crippen LogP contribution in [0.25, 0.3) is 0 Å². The van der Waals surface area contributed by atoms with Crippen LogP contribution < -0.4 is 5.32 Å². The summed E-state index contributed by atoms with van der Waals surface area (Å²) in [5, 5.41) is 5.66. The fourth-order valence-corrected chi connectivity index (χ4v) is 3.59. The predicted octanol–water partition coefficient (Wildman–Crippen LogP) is 4.66. The third-order valence-electron chi connectivity index (χ3n) is 3.53. The molecular formula is C17H23NS. The first-order valence-corrected chi connectivity index (χ1v) is 7.63. The Hall–Kier alpha value is -1.12. The molecule has 1 nitrogen and oxygen atoms in total. The van der Waals surface area contributed by atoms with Crippen LogP contribution in [0.15, 0.2) is 35.7 Å². The van der Waals surface area contributed by atoms with Gasteiger partial charge < -0.3 is 5.32 Å². The second-order valence-electron chi connectivity index (χ2n) is 6.03. The van der Waals surface area contributed by atoms with Gasteiger partial charge in [-0.3, -0.25) is 0 Å². The second-order valence-corrected chi connectivity index (χ2v) is 6.97. The molecule has 102 valence electrons. The summed E-state index contributed by atoms with van der Waals surface area (Å²) in [5.74, 6) is 0. The minimum atomic E-state index is 0.164. The van der Waals surface area contributed by atoms with Crippen LogP contribution in [0.1, 0.15) is 48.4 Å². The summed E-state index contributed by atoms with van der Waals surface area (Å²) in [5.41, 5.74) is 4.34. The van der Waals surface area contributed by atoms with Crippen LogP contribution in [-0.4, -0.2) is 7.05 Å². The highest BCUT2D eigenvalue weighted by Crippen LogP contribution is 2.35. The van der Waals surface area contributed by atoms with E-state index < -0.39 is 0 Å². The lowest BCUT2D eigenvalue weighted by atomic mass is 9.81. The Balaban J connectivity index is 2.54. The zero-order chi connectivity index (χ0) is 14.0. The molecule has 0 saturated heterocycles. The van der Waals surface area contributed by atoms with Crippen molar-refractivity contribution in [3.63, 3.8) is 0 Å². The highest BCUT2D eigenvalue weighted by Gasteiger charge is 2.24. The van der Waals surface area contributed by atoms with Crippen molar-refractivity contribution in [1.29, 1.82) is 0 Å². The van der Waals surface area contributed by atoms with E-state index in [0.29, 0.717) is 0 Å². The standard InChI is InChI=1S/C17H23NS/c1-12-10-11-19-16(12)15(18-5)13-8-6-7-9-14(13)17(2,3)4/h6-11,15,18H,1-5H3. The van der Waals surface area contributed by atoms with Gasteiger partial charge in [-0.05, 0) is 47.5 Å². The van der Waals surface area contributed by atoms with Crippen molar-refractivity contribution < 1.29 is 0 Å². The fourth-order valence-electron chi connectivity index (χ4n) is 2.54. The van der Waals surface area contributed by atoms with Crippen molar-refractivity contribution in [2.24, 2.45) is 0 Å². The molecule has 0 amide bonds. The predicted molar refractivity (Wildman–Crippen MR) is 85.1 cm³/mol. The summed E-state index contributed by atoms with van der Waals surface area (Å²) in [6.45, 7) is 9.02. The molecule has 19 heavy (non-hydrogen) atoms. The first-order valence-electron chi connectivity index (χ1n) is 6.76. The van der Waals surface area contributed by atoms with Crippen molar-refractivity contribution in [3.8, 4) is 0 Å². The molecule has 0 spiro atoms. The van der Waals surface area contributed by atoms with E-state index in [1.807, 2.05) is 18.4 Å². The molecule has 0 saturated carbocycles. The quantitative estimate of drug-likeness (QED) is 0.857. The van der Waals surface area contributed by atoms with Crippen LogP contribution in [0.3, 0.4) is 0 Å². The van der Waals surface area contributed by atoms with E-state index in [1.165, 1.54) is 21.6 Å². The lowest BCUT2D eigenvalue weighted by molar-refractivity contribution is 0.568. The molecule has 1 N–H and O–H groups in total. The summed E-state index contributed by atoms with van der Waals surface area (Å²) in [6, 6.07) is 11.3. The lowest BCUT2D eigenvalue weighted by Gasteiger charge is -2.27. The first-order chi connectivity index (χ1) is 8.95. The average molecular weight is 273 g/mol. The molecule has 2 heteroatoms. The van der Waals surface area contributed by atoms with E-state index in [1.54, 1.807) is 0 Å². The maximum atomic E-state index is 3.48. The van der Waals surface area contributed by atoms with Crippen LogP contribution in [0.5, 0.6) is 0 Å². The molecule has 1 atom stereocenters. The molecule has 1 heterocycles. The SMILES string of the molecule is CNC(c1ccccc1C(C)(C)C)c1sccc1C. The van der Waals surface area contributed by atoms with Gasteiger partial charge in [0.05, 0.1) is 6.04 Å². The maximum absolute atomic E-state index is 3.48. The third-order valence-corrected chi connectivity index (χ3v) is 4.62. The van der Waals surface area contributed by atoms with Crippen LogP contribution in [0.4, 0.5) is 0 Å². The van der Waals surface area contributed by atoms with Gasteiger partial charge in [-0.15, -0.1) is 11.3 Å². The minimum Gasteiger partial charge on any atom is -0.309 e. The number of hydrogen-bond donors (Lipinski definition) is 1. The van der Waals surface area contributed by atoms with Crippen LogP contribution in [-0.2, 0) is 5.41 Å². The molecule has 0 aliphatic carbocycles. The number of rotatable bonds is 3. The number of thiophene rings is 1. The van der Waals surface area contributed by atoms with Gasteiger partial charge in [0.25, 0.3) is 0 Å². The Morgan fingerprint density at radius 1 is 1.11 bits per heavy atom. The Bertz CT molecular complexity index is 548. The fraction of sp³-hybridized carbons (Fsp3) is 0.412. The molecule has 2 aromatic rings.